The van der Waals surface area contributed by atoms with Gasteiger partial charge in [0, 0.05) is 55.5 Å². The number of aryl methyl sites for hydroxylation is 1. The molecule has 1 saturated heterocycles. The lowest BCUT2D eigenvalue weighted by atomic mass is 10.3. The molecule has 1 aliphatic rings. The summed E-state index contributed by atoms with van der Waals surface area (Å²) in [4.78, 5) is 35.0. The van der Waals surface area contributed by atoms with E-state index in [1.807, 2.05) is 11.8 Å². The summed E-state index contributed by atoms with van der Waals surface area (Å²) in [6.07, 6.45) is 6.08. The van der Waals surface area contributed by atoms with Gasteiger partial charge in [0.15, 0.2) is 0 Å². The monoisotopic (exact) mass is 318 g/mol. The maximum Gasteiger partial charge on any atom is 0.382 e. The number of nitrogens with zero attached hydrogens (tertiary/aromatic N) is 6. The van der Waals surface area contributed by atoms with Crippen molar-refractivity contribution in [1.82, 2.24) is 19.9 Å². The first-order valence-corrected chi connectivity index (χ1v) is 7.11. The number of anilines is 2. The highest BCUT2D eigenvalue weighted by molar-refractivity contribution is 5.88. The molecule has 23 heavy (non-hydrogen) atoms. The van der Waals surface area contributed by atoms with Crippen molar-refractivity contribution in [2.75, 3.05) is 36.0 Å². The lowest BCUT2D eigenvalue weighted by molar-refractivity contribution is -0.0788. The van der Waals surface area contributed by atoms with Crippen molar-refractivity contribution in [2.24, 2.45) is 0 Å². The summed E-state index contributed by atoms with van der Waals surface area (Å²) in [5.74, 6) is 0.0972. The highest BCUT2D eigenvalue weighted by Gasteiger charge is 2.21. The molecular weight excluding hydrogens is 303 g/mol. The van der Waals surface area contributed by atoms with Crippen LogP contribution in [0.1, 0.15) is 15.9 Å². The molecule has 0 N–H and O–H groups in total. The zero-order chi connectivity index (χ0) is 16.2. The predicted molar refractivity (Wildman–Crippen MR) is 79.8 cm³/mol. The van der Waals surface area contributed by atoms with Crippen molar-refractivity contribution in [2.45, 2.75) is 6.92 Å². The normalized spacial score (nSPS) is 14.7. The van der Waals surface area contributed by atoms with Crippen molar-refractivity contribution in [1.29, 1.82) is 0 Å². The van der Waals surface area contributed by atoms with Gasteiger partial charge in [-0.15, -0.1) is 0 Å². The zero-order valence-electron chi connectivity index (χ0n) is 12.5. The molecule has 0 aliphatic carbocycles. The Balaban J connectivity index is 1.62. The molecule has 0 bridgehead atoms. The van der Waals surface area contributed by atoms with Crippen LogP contribution in [0.2, 0.25) is 0 Å². The molecule has 8 nitrogen and oxygen atoms in total. The molecule has 0 amide bonds. The summed E-state index contributed by atoms with van der Waals surface area (Å²) in [5.41, 5.74) is 0.996. The molecule has 1 fully saturated rings. The van der Waals surface area contributed by atoms with E-state index in [0.29, 0.717) is 25.0 Å². The maximum atomic E-state index is 11.8. The molecule has 0 spiro atoms. The van der Waals surface area contributed by atoms with E-state index in [2.05, 4.69) is 29.8 Å². The van der Waals surface area contributed by atoms with Gasteiger partial charge >= 0.3 is 5.97 Å². The maximum absolute atomic E-state index is 11.8. The van der Waals surface area contributed by atoms with Gasteiger partial charge in [0.05, 0.1) is 0 Å². The number of aromatic nitrogens is 4. The van der Waals surface area contributed by atoms with Crippen LogP contribution in [0.4, 0.5) is 16.4 Å². The van der Waals surface area contributed by atoms with Crippen LogP contribution in [0.15, 0.2) is 24.8 Å². The zero-order valence-corrected chi connectivity index (χ0v) is 12.5. The third kappa shape index (κ3) is 3.33. The Morgan fingerprint density at radius 1 is 0.957 bits per heavy atom. The van der Waals surface area contributed by atoms with Gasteiger partial charge in [-0.25, -0.2) is 29.7 Å². The van der Waals surface area contributed by atoms with Crippen LogP contribution >= 0.6 is 0 Å². The van der Waals surface area contributed by atoms with Crippen molar-refractivity contribution in [3.8, 4) is 0 Å². The molecule has 9 heteroatoms. The average molecular weight is 318 g/mol. The number of halogens is 1. The van der Waals surface area contributed by atoms with E-state index in [1.54, 1.807) is 12.4 Å². The predicted octanol–water partition coefficient (Wildman–Crippen LogP) is 0.943. The SMILES string of the molecule is Cc1cnc(N2CCN(c3ncc(C(=O)OF)cn3)CC2)nc1. The summed E-state index contributed by atoms with van der Waals surface area (Å²) in [6, 6.07) is 0. The summed E-state index contributed by atoms with van der Waals surface area (Å²) >= 11 is 0. The molecule has 3 rings (SSSR count). The summed E-state index contributed by atoms with van der Waals surface area (Å²) in [7, 11) is 0. The van der Waals surface area contributed by atoms with E-state index in [-0.39, 0.29) is 5.56 Å². The number of hydrogen-bond donors (Lipinski definition) is 0. The minimum Gasteiger partial charge on any atom is -0.337 e. The topological polar surface area (TPSA) is 84.3 Å². The number of piperazine rings is 1. The minimum absolute atomic E-state index is 0.0251. The van der Waals surface area contributed by atoms with Crippen molar-refractivity contribution in [3.05, 3.63) is 35.9 Å². The third-order valence-electron chi connectivity index (χ3n) is 3.56. The van der Waals surface area contributed by atoms with Crippen LogP contribution in [0, 0.1) is 6.92 Å². The Bertz CT molecular complexity index is 671. The van der Waals surface area contributed by atoms with Gasteiger partial charge in [-0.3, -0.25) is 0 Å². The van der Waals surface area contributed by atoms with Crippen LogP contribution in [-0.2, 0) is 4.94 Å². The van der Waals surface area contributed by atoms with Gasteiger partial charge in [-0.1, -0.05) is 0 Å². The fourth-order valence-corrected chi connectivity index (χ4v) is 2.29. The van der Waals surface area contributed by atoms with Gasteiger partial charge in [-0.05, 0) is 12.5 Å². The second-order valence-electron chi connectivity index (χ2n) is 5.17. The highest BCUT2D eigenvalue weighted by atomic mass is 19.3. The first-order valence-electron chi connectivity index (χ1n) is 7.11. The largest absolute Gasteiger partial charge is 0.382 e. The van der Waals surface area contributed by atoms with Gasteiger partial charge in [0.25, 0.3) is 0 Å². The van der Waals surface area contributed by atoms with Crippen LogP contribution in [0.5, 0.6) is 0 Å². The Morgan fingerprint density at radius 2 is 1.39 bits per heavy atom. The molecule has 0 aromatic carbocycles. The summed E-state index contributed by atoms with van der Waals surface area (Å²) < 4.78 is 11.8. The summed E-state index contributed by atoms with van der Waals surface area (Å²) in [6.45, 7) is 4.82. The molecule has 0 saturated carbocycles. The third-order valence-corrected chi connectivity index (χ3v) is 3.56. The summed E-state index contributed by atoms with van der Waals surface area (Å²) in [5, 5.41) is 0. The van der Waals surface area contributed by atoms with Crippen LogP contribution < -0.4 is 9.80 Å². The van der Waals surface area contributed by atoms with E-state index in [4.69, 9.17) is 0 Å². The first kappa shape index (κ1) is 15.1. The Morgan fingerprint density at radius 3 is 1.83 bits per heavy atom. The number of carbonyl (C=O) groups is 1. The molecule has 2 aromatic heterocycles. The molecule has 3 heterocycles. The Hall–Kier alpha value is -2.84. The molecule has 0 atom stereocenters. The molecule has 1 aliphatic heterocycles. The standard InChI is InChI=1S/C14H15FN6O2/c1-10-6-16-13(17-7-10)20-2-4-21(5-3-20)14-18-8-11(9-19-14)12(22)23-15/h6-9H,2-5H2,1H3. The quantitative estimate of drug-likeness (QED) is 0.827. The fraction of sp³-hybridized carbons (Fsp3) is 0.357. The van der Waals surface area contributed by atoms with E-state index in [0.717, 1.165) is 18.7 Å². The van der Waals surface area contributed by atoms with Gasteiger partial charge in [0.2, 0.25) is 11.9 Å². The van der Waals surface area contributed by atoms with Crippen LogP contribution in [0.3, 0.4) is 0 Å². The molecule has 0 unspecified atom stereocenters. The van der Waals surface area contributed by atoms with Crippen molar-refractivity contribution in [3.63, 3.8) is 0 Å². The van der Waals surface area contributed by atoms with Crippen LogP contribution in [-0.4, -0.2) is 52.1 Å². The van der Waals surface area contributed by atoms with Gasteiger partial charge < -0.3 is 9.80 Å². The molecule has 120 valence electrons. The van der Waals surface area contributed by atoms with Crippen LogP contribution in [0.25, 0.3) is 0 Å². The van der Waals surface area contributed by atoms with Gasteiger partial charge in [-0.2, -0.15) is 0 Å². The number of hydrogen-bond acceptors (Lipinski definition) is 8. The van der Waals surface area contributed by atoms with E-state index in [1.165, 1.54) is 12.4 Å². The average Bonchev–Trinajstić information content (AvgIpc) is 2.62. The molecule has 0 radical (unpaired) electrons. The lowest BCUT2D eigenvalue weighted by Gasteiger charge is -2.34. The first-order chi connectivity index (χ1) is 11.2. The molecular formula is C14H15FN6O2. The second-order valence-corrected chi connectivity index (χ2v) is 5.17. The lowest BCUT2D eigenvalue weighted by Crippen LogP contribution is -2.47. The smallest absolute Gasteiger partial charge is 0.337 e. The van der Waals surface area contributed by atoms with Crippen molar-refractivity contribution < 1.29 is 14.3 Å². The Labute approximate surface area is 131 Å². The number of rotatable bonds is 3. The van der Waals surface area contributed by atoms with Gasteiger partial charge in [0.1, 0.15) is 5.56 Å². The van der Waals surface area contributed by atoms with E-state index < -0.39 is 5.97 Å². The molecule has 2 aromatic rings. The second kappa shape index (κ2) is 6.51. The van der Waals surface area contributed by atoms with E-state index >= 15 is 0 Å². The highest BCUT2D eigenvalue weighted by Crippen LogP contribution is 2.14. The van der Waals surface area contributed by atoms with E-state index in [9.17, 15) is 9.32 Å². The number of carbonyl (C=O) groups excluding carboxylic acids is 1. The van der Waals surface area contributed by atoms with Crippen molar-refractivity contribution >= 4 is 17.9 Å². The minimum atomic E-state index is -1.10. The Kier molecular flexibility index (Phi) is 4.26. The fourth-order valence-electron chi connectivity index (χ4n) is 2.29.